The molecule has 202 valence electrons. The fourth-order valence-electron chi connectivity index (χ4n) is 5.06. The van der Waals surface area contributed by atoms with Crippen molar-refractivity contribution in [1.29, 1.82) is 0 Å². The van der Waals surface area contributed by atoms with Crippen LogP contribution < -0.4 is 10.7 Å². The number of alkyl halides is 3. The molecule has 0 bridgehead atoms. The van der Waals surface area contributed by atoms with Gasteiger partial charge < -0.3 is 14.2 Å². The van der Waals surface area contributed by atoms with Gasteiger partial charge in [-0.1, -0.05) is 12.1 Å². The molecule has 1 aliphatic rings. The van der Waals surface area contributed by atoms with E-state index in [1.807, 2.05) is 26.0 Å². The Bertz CT molecular complexity index is 1630. The predicted octanol–water partition coefficient (Wildman–Crippen LogP) is 6.62. The molecule has 1 aliphatic carbocycles. The quantitative estimate of drug-likeness (QED) is 0.280. The van der Waals surface area contributed by atoms with Crippen LogP contribution >= 0.6 is 0 Å². The van der Waals surface area contributed by atoms with Gasteiger partial charge in [-0.25, -0.2) is 5.43 Å². The average Bonchev–Trinajstić information content (AvgIpc) is 3.43. The molecule has 0 radical (unpaired) electrons. The van der Waals surface area contributed by atoms with Gasteiger partial charge >= 0.3 is 6.18 Å². The van der Waals surface area contributed by atoms with Crippen molar-refractivity contribution in [2.45, 2.75) is 52.6 Å². The molecule has 0 unspecified atom stereocenters. The summed E-state index contributed by atoms with van der Waals surface area (Å²) < 4.78 is 50.6. The normalized spacial score (nSPS) is 14.5. The van der Waals surface area contributed by atoms with E-state index in [0.717, 1.165) is 39.8 Å². The lowest BCUT2D eigenvalue weighted by molar-refractivity contribution is -0.137. The minimum atomic E-state index is -4.53. The summed E-state index contributed by atoms with van der Waals surface area (Å²) in [6, 6.07) is 8.35. The van der Waals surface area contributed by atoms with Gasteiger partial charge in [0.25, 0.3) is 5.91 Å². The number of halogens is 3. The summed E-state index contributed by atoms with van der Waals surface area (Å²) >= 11 is 0. The number of carbonyl (C=O) groups is 2. The molecule has 2 aromatic heterocycles. The van der Waals surface area contributed by atoms with Crippen LogP contribution in [-0.2, 0) is 23.8 Å². The van der Waals surface area contributed by atoms with Gasteiger partial charge in [-0.05, 0) is 69.0 Å². The number of aryl methyl sites for hydroxylation is 3. The summed E-state index contributed by atoms with van der Waals surface area (Å²) in [5.74, 6) is -0.440. The summed E-state index contributed by atoms with van der Waals surface area (Å²) in [5, 5.41) is 7.74. The van der Waals surface area contributed by atoms with Gasteiger partial charge in [0.1, 0.15) is 11.3 Å². The standard InChI is InChI=1S/C29H26F3N3O4/c1-15-10-16(2)25-18(14-38-23(25)11-15)12-24(36)35-34-21-8-5-9-22-26(21)17(3)27(39-22)28(37)33-20-7-4-6-19(13-20)29(30,31)32/h4,6-7,10-11,13-14H,5,8-9,12H2,1-3H3,(H,33,37)(H,35,36)/b34-21+. The number of hydrogen-bond donors (Lipinski definition) is 2. The Balaban J connectivity index is 1.33. The first-order valence-corrected chi connectivity index (χ1v) is 12.4. The fraction of sp³-hybridized carbons (Fsp3) is 0.276. The van der Waals surface area contributed by atoms with Gasteiger partial charge in [0.2, 0.25) is 5.91 Å². The predicted molar refractivity (Wildman–Crippen MR) is 140 cm³/mol. The maximum Gasteiger partial charge on any atom is 0.416 e. The van der Waals surface area contributed by atoms with Crippen molar-refractivity contribution >= 4 is 34.2 Å². The molecule has 10 heteroatoms. The van der Waals surface area contributed by atoms with Crippen LogP contribution in [0.1, 0.15) is 62.5 Å². The fourth-order valence-corrected chi connectivity index (χ4v) is 5.06. The lowest BCUT2D eigenvalue weighted by atomic mass is 9.93. The largest absolute Gasteiger partial charge is 0.464 e. The molecule has 0 saturated carbocycles. The van der Waals surface area contributed by atoms with Crippen LogP contribution in [0.15, 0.2) is 56.6 Å². The Morgan fingerprint density at radius 1 is 1.08 bits per heavy atom. The van der Waals surface area contributed by atoms with Crippen molar-refractivity contribution in [3.05, 3.63) is 87.6 Å². The Morgan fingerprint density at radius 2 is 1.87 bits per heavy atom. The maximum atomic E-state index is 13.0. The van der Waals surface area contributed by atoms with Crippen LogP contribution in [-0.4, -0.2) is 17.5 Å². The number of furan rings is 2. The molecule has 0 spiro atoms. The number of fused-ring (bicyclic) bond motifs is 2. The molecule has 0 fully saturated rings. The molecule has 0 saturated heterocycles. The number of hydrazone groups is 1. The van der Waals surface area contributed by atoms with E-state index in [9.17, 15) is 22.8 Å². The van der Waals surface area contributed by atoms with Gasteiger partial charge in [0, 0.05) is 34.2 Å². The van der Waals surface area contributed by atoms with Crippen LogP contribution in [0.2, 0.25) is 0 Å². The molecule has 2 aromatic carbocycles. The maximum absolute atomic E-state index is 13.0. The molecule has 2 heterocycles. The van der Waals surface area contributed by atoms with Crippen LogP contribution in [0.5, 0.6) is 0 Å². The van der Waals surface area contributed by atoms with Crippen molar-refractivity contribution in [2.75, 3.05) is 5.32 Å². The molecular formula is C29H26F3N3O4. The summed E-state index contributed by atoms with van der Waals surface area (Å²) in [6.07, 6.45) is -1.03. The van der Waals surface area contributed by atoms with Crippen LogP contribution in [0.25, 0.3) is 11.0 Å². The number of nitrogens with zero attached hydrogens (tertiary/aromatic N) is 1. The topological polar surface area (TPSA) is 96.8 Å². The van der Waals surface area contributed by atoms with E-state index in [1.165, 1.54) is 12.1 Å². The Morgan fingerprint density at radius 3 is 2.64 bits per heavy atom. The first-order valence-electron chi connectivity index (χ1n) is 12.4. The van der Waals surface area contributed by atoms with E-state index in [2.05, 4.69) is 15.8 Å². The summed E-state index contributed by atoms with van der Waals surface area (Å²) in [4.78, 5) is 25.7. The third-order valence-electron chi connectivity index (χ3n) is 6.74. The Labute approximate surface area is 222 Å². The molecule has 2 N–H and O–H groups in total. The highest BCUT2D eigenvalue weighted by Gasteiger charge is 2.31. The molecule has 39 heavy (non-hydrogen) atoms. The average molecular weight is 538 g/mol. The zero-order valence-electron chi connectivity index (χ0n) is 21.6. The lowest BCUT2D eigenvalue weighted by Gasteiger charge is -2.13. The number of anilines is 1. The number of carbonyl (C=O) groups excluding carboxylic acids is 2. The van der Waals surface area contributed by atoms with E-state index in [-0.39, 0.29) is 23.8 Å². The van der Waals surface area contributed by atoms with E-state index in [0.29, 0.717) is 41.9 Å². The Hall–Kier alpha value is -4.34. The van der Waals surface area contributed by atoms with Gasteiger partial charge in [0.15, 0.2) is 5.76 Å². The Kier molecular flexibility index (Phi) is 6.80. The van der Waals surface area contributed by atoms with Crippen LogP contribution in [0, 0.1) is 20.8 Å². The van der Waals surface area contributed by atoms with Crippen molar-refractivity contribution in [2.24, 2.45) is 5.10 Å². The molecule has 7 nitrogen and oxygen atoms in total. The molecule has 0 atom stereocenters. The van der Waals surface area contributed by atoms with Crippen molar-refractivity contribution < 1.29 is 31.6 Å². The second-order valence-electron chi connectivity index (χ2n) is 9.73. The minimum Gasteiger partial charge on any atom is -0.464 e. The van der Waals surface area contributed by atoms with Crippen molar-refractivity contribution in [1.82, 2.24) is 5.43 Å². The summed E-state index contributed by atoms with van der Waals surface area (Å²) in [6.45, 7) is 5.64. The highest BCUT2D eigenvalue weighted by Crippen LogP contribution is 2.33. The van der Waals surface area contributed by atoms with E-state index in [4.69, 9.17) is 8.83 Å². The zero-order chi connectivity index (χ0) is 27.9. The van der Waals surface area contributed by atoms with Crippen LogP contribution in [0.4, 0.5) is 18.9 Å². The lowest BCUT2D eigenvalue weighted by Crippen LogP contribution is -2.23. The van der Waals surface area contributed by atoms with E-state index < -0.39 is 17.6 Å². The molecule has 2 amide bonds. The van der Waals surface area contributed by atoms with Crippen LogP contribution in [0.3, 0.4) is 0 Å². The SMILES string of the molecule is Cc1cc(C)c2c(CC(=O)N/N=C3\CCCc4oc(C(=O)Nc5cccc(C(F)(F)F)c5)c(C)c43)coc2c1. The summed E-state index contributed by atoms with van der Waals surface area (Å²) in [7, 11) is 0. The van der Waals surface area contributed by atoms with E-state index in [1.54, 1.807) is 13.2 Å². The number of rotatable bonds is 5. The zero-order valence-corrected chi connectivity index (χ0v) is 21.6. The molecule has 4 aromatic rings. The van der Waals surface area contributed by atoms with Gasteiger partial charge in [-0.3, -0.25) is 9.59 Å². The summed E-state index contributed by atoms with van der Waals surface area (Å²) in [5.41, 5.74) is 7.05. The first-order chi connectivity index (χ1) is 18.5. The van der Waals surface area contributed by atoms with E-state index >= 15 is 0 Å². The highest BCUT2D eigenvalue weighted by molar-refractivity contribution is 6.09. The molecule has 5 rings (SSSR count). The highest BCUT2D eigenvalue weighted by atomic mass is 19.4. The monoisotopic (exact) mass is 537 g/mol. The molecule has 0 aliphatic heterocycles. The second kappa shape index (κ2) is 10.1. The number of nitrogens with one attached hydrogen (secondary N) is 2. The number of amides is 2. The minimum absolute atomic E-state index is 0.00178. The van der Waals surface area contributed by atoms with Crippen molar-refractivity contribution in [3.8, 4) is 0 Å². The smallest absolute Gasteiger partial charge is 0.416 e. The number of hydrogen-bond acceptors (Lipinski definition) is 5. The number of benzene rings is 2. The van der Waals surface area contributed by atoms with Gasteiger partial charge in [-0.15, -0.1) is 0 Å². The third-order valence-corrected chi connectivity index (χ3v) is 6.74. The molecular weight excluding hydrogens is 511 g/mol. The van der Waals surface area contributed by atoms with Gasteiger partial charge in [0.05, 0.1) is 24.0 Å². The second-order valence-corrected chi connectivity index (χ2v) is 9.73. The van der Waals surface area contributed by atoms with Gasteiger partial charge in [-0.2, -0.15) is 18.3 Å². The third kappa shape index (κ3) is 5.32. The van der Waals surface area contributed by atoms with Crippen molar-refractivity contribution in [3.63, 3.8) is 0 Å². The first kappa shape index (κ1) is 26.3.